The second-order valence-corrected chi connectivity index (χ2v) is 11.6. The maximum absolute atomic E-state index is 11.2. The second-order valence-electron chi connectivity index (χ2n) is 8.60. The molecule has 1 heterocycles. The van der Waals surface area contributed by atoms with E-state index < -0.39 is 37.2 Å². The predicted molar refractivity (Wildman–Crippen MR) is 135 cm³/mol. The van der Waals surface area contributed by atoms with Crippen molar-refractivity contribution in [3.8, 4) is 0 Å². The van der Waals surface area contributed by atoms with Crippen LogP contribution in [0.1, 0.15) is 31.7 Å². The number of fused-ring (bicyclic) bond motifs is 1. The van der Waals surface area contributed by atoms with Gasteiger partial charge in [0.2, 0.25) is 5.69 Å². The number of anilines is 1. The first kappa shape index (κ1) is 30.4. The van der Waals surface area contributed by atoms with Crippen LogP contribution < -0.4 is 34.9 Å². The molecule has 8 nitrogen and oxygen atoms in total. The number of allylic oxidation sites excluding steroid dienone is 3. The van der Waals surface area contributed by atoms with E-state index in [1.165, 1.54) is 0 Å². The van der Waals surface area contributed by atoms with Crippen LogP contribution in [0.15, 0.2) is 79.0 Å². The molecule has 11 heteroatoms. The Balaban J connectivity index is 0.00000456. The molecule has 1 N–H and O–H groups in total. The van der Waals surface area contributed by atoms with Crippen LogP contribution in [0.5, 0.6) is 0 Å². The fourth-order valence-corrected chi connectivity index (χ4v) is 5.38. The van der Waals surface area contributed by atoms with Gasteiger partial charge in [-0.2, -0.15) is 4.58 Å². The fraction of sp³-hybridized carbons (Fsp3) is 0.320. The molecule has 1 atom stereocenters. The number of hydrogen-bond donors (Lipinski definition) is 1. The van der Waals surface area contributed by atoms with Gasteiger partial charge in [-0.25, -0.2) is 16.8 Å². The summed E-state index contributed by atoms with van der Waals surface area (Å²) in [5, 5.41) is 3.16. The first-order valence-corrected chi connectivity index (χ1v) is 14.4. The van der Waals surface area contributed by atoms with E-state index in [1.54, 1.807) is 6.20 Å². The summed E-state index contributed by atoms with van der Waals surface area (Å²) in [6, 6.07) is 17.3. The van der Waals surface area contributed by atoms with Crippen molar-refractivity contribution in [3.63, 3.8) is 0 Å². The molecule has 1 aliphatic rings. The van der Waals surface area contributed by atoms with Gasteiger partial charge in [-0.15, -0.1) is 0 Å². The quantitative estimate of drug-likeness (QED) is 0.180. The number of nitrogens with one attached hydrogen (secondary N) is 1. The first-order valence-electron chi connectivity index (χ1n) is 11.3. The Morgan fingerprint density at radius 2 is 1.50 bits per heavy atom. The summed E-state index contributed by atoms with van der Waals surface area (Å²) < 4.78 is 69.1. The van der Waals surface area contributed by atoms with E-state index in [9.17, 15) is 25.9 Å². The molecule has 0 saturated heterocycles. The monoisotopic (exact) mass is 540 g/mol. The van der Waals surface area contributed by atoms with E-state index in [0.29, 0.717) is 13.0 Å². The molecule has 2 aromatic rings. The molecular weight excluding hydrogens is 511 g/mol. The van der Waals surface area contributed by atoms with Crippen LogP contribution in [0.25, 0.3) is 0 Å². The molecule has 0 aromatic heterocycles. The molecule has 0 fully saturated rings. The Kier molecular flexibility index (Phi) is 11.1. The van der Waals surface area contributed by atoms with Gasteiger partial charge in [0.15, 0.2) is 5.71 Å². The molecule has 0 bridgehead atoms. The number of benzene rings is 2. The number of para-hydroxylation sites is 2. The van der Waals surface area contributed by atoms with Gasteiger partial charge in [0.05, 0.1) is 25.7 Å². The zero-order valence-corrected chi connectivity index (χ0v) is 24.1. The van der Waals surface area contributed by atoms with Crippen molar-refractivity contribution in [1.29, 1.82) is 0 Å². The summed E-state index contributed by atoms with van der Waals surface area (Å²) in [5.41, 5.74) is 3.00. The van der Waals surface area contributed by atoms with Crippen molar-refractivity contribution in [3.05, 3.63) is 84.6 Å². The molecule has 36 heavy (non-hydrogen) atoms. The molecule has 0 saturated carbocycles. The average molecular weight is 541 g/mol. The van der Waals surface area contributed by atoms with E-state index in [-0.39, 0.29) is 42.4 Å². The van der Waals surface area contributed by atoms with E-state index in [0.717, 1.165) is 22.6 Å². The largest absolute Gasteiger partial charge is 1.00 e. The molecule has 1 unspecified atom stereocenters. The molecule has 188 valence electrons. The van der Waals surface area contributed by atoms with Gasteiger partial charge < -0.3 is 14.4 Å². The molecule has 0 radical (unpaired) electrons. The van der Waals surface area contributed by atoms with E-state index >= 15 is 0 Å². The van der Waals surface area contributed by atoms with Crippen LogP contribution in [0.2, 0.25) is 0 Å². The Hall–Kier alpha value is -1.79. The summed E-state index contributed by atoms with van der Waals surface area (Å²) in [6.45, 7) is 2.29. The van der Waals surface area contributed by atoms with Crippen molar-refractivity contribution >= 4 is 37.3 Å². The molecular formula is C25H29N2NaO6S2. The number of rotatable bonds is 12. The van der Waals surface area contributed by atoms with Gasteiger partial charge in [-0.05, 0) is 38.0 Å². The topological polar surface area (TPSA) is 129 Å². The summed E-state index contributed by atoms with van der Waals surface area (Å²) in [5.74, 6) is -0.939. The zero-order chi connectivity index (χ0) is 25.5. The summed E-state index contributed by atoms with van der Waals surface area (Å²) in [7, 11) is -8.69. The van der Waals surface area contributed by atoms with Crippen LogP contribution in [-0.4, -0.2) is 54.3 Å². The van der Waals surface area contributed by atoms with Gasteiger partial charge in [0.25, 0.3) is 0 Å². The Labute approximate surface area is 235 Å². The van der Waals surface area contributed by atoms with E-state index in [4.69, 9.17) is 0 Å². The van der Waals surface area contributed by atoms with Gasteiger partial charge >= 0.3 is 29.6 Å². The van der Waals surface area contributed by atoms with Crippen LogP contribution in [0.3, 0.4) is 0 Å². The molecule has 0 aliphatic carbocycles. The van der Waals surface area contributed by atoms with Gasteiger partial charge in [0.1, 0.15) is 6.54 Å². The molecule has 1 aliphatic heterocycles. The summed E-state index contributed by atoms with van der Waals surface area (Å²) in [4.78, 5) is 0. The van der Waals surface area contributed by atoms with Gasteiger partial charge in [-0.1, -0.05) is 42.5 Å². The molecule has 2 aromatic carbocycles. The van der Waals surface area contributed by atoms with Crippen LogP contribution in [0, 0.1) is 0 Å². The number of hydrogen-bond acceptors (Lipinski definition) is 7. The van der Waals surface area contributed by atoms with Crippen molar-refractivity contribution in [2.45, 2.75) is 31.6 Å². The molecule has 3 rings (SSSR count). The van der Waals surface area contributed by atoms with Gasteiger partial charge in [0, 0.05) is 47.5 Å². The smallest absolute Gasteiger partial charge is 0.748 e. The van der Waals surface area contributed by atoms with Crippen LogP contribution in [-0.2, 0) is 25.7 Å². The van der Waals surface area contributed by atoms with Crippen molar-refractivity contribution in [1.82, 2.24) is 0 Å². The van der Waals surface area contributed by atoms with Gasteiger partial charge in [-0.3, -0.25) is 0 Å². The standard InChI is InChI=1S/C25H30N2O6S2.Na/c1-25(16-9-19-34(28,29)30)22-13-5-6-14-23(22)27(18-10-20-35(31,32)33)24(25)15-7-8-17-26-21-11-3-2-4-12-21;/h2-8,11-15,17H,9-10,16,18-20H2,1H3,(H2,28,29,30,31,32,33);/q;+1/p-1. The van der Waals surface area contributed by atoms with E-state index in [1.807, 2.05) is 84.3 Å². The fourth-order valence-electron chi connectivity index (χ4n) is 4.40. The maximum Gasteiger partial charge on any atom is 1.00 e. The summed E-state index contributed by atoms with van der Waals surface area (Å²) in [6.07, 6.45) is 8.09. The van der Waals surface area contributed by atoms with Crippen molar-refractivity contribution in [2.75, 3.05) is 23.4 Å². The summed E-state index contributed by atoms with van der Waals surface area (Å²) >= 11 is 0. The third-order valence-corrected chi connectivity index (χ3v) is 7.56. The predicted octanol–water partition coefficient (Wildman–Crippen LogP) is 0.490. The van der Waals surface area contributed by atoms with Crippen molar-refractivity contribution < 1.29 is 60.1 Å². The van der Waals surface area contributed by atoms with Crippen molar-refractivity contribution in [2.24, 2.45) is 0 Å². The maximum atomic E-state index is 11.2. The first-order chi connectivity index (χ1) is 16.5. The van der Waals surface area contributed by atoms with E-state index in [2.05, 4.69) is 5.32 Å². The van der Waals surface area contributed by atoms with Crippen LogP contribution in [0.4, 0.5) is 11.4 Å². The third kappa shape index (κ3) is 8.65. The van der Waals surface area contributed by atoms with Crippen LogP contribution >= 0.6 is 0 Å². The Morgan fingerprint density at radius 1 is 0.889 bits per heavy atom. The molecule has 0 amide bonds. The molecule has 0 spiro atoms. The Morgan fingerprint density at radius 3 is 2.17 bits per heavy atom. The normalized spacial score (nSPS) is 18.0. The zero-order valence-electron chi connectivity index (χ0n) is 20.5. The second kappa shape index (κ2) is 13.1. The minimum atomic E-state index is -4.35. The number of nitrogens with zero attached hydrogens (tertiary/aromatic N) is 1. The average Bonchev–Trinajstić information content (AvgIpc) is 3.01. The minimum absolute atomic E-state index is 0. The SMILES string of the molecule is CC1(CCCS(=O)(=O)[O-])C(/C=C/C=C/Nc2ccccc2)=[N+](CCCS(=O)(=O)[O-])c2ccccc21.[Na+]. The third-order valence-electron chi connectivity index (χ3n) is 5.98. The Bertz CT molecular complexity index is 1340. The minimum Gasteiger partial charge on any atom is -0.748 e.